The van der Waals surface area contributed by atoms with Crippen molar-refractivity contribution in [2.75, 3.05) is 13.1 Å². The minimum absolute atomic E-state index is 0.122. The molecule has 0 unspecified atom stereocenters. The summed E-state index contributed by atoms with van der Waals surface area (Å²) in [6, 6.07) is 7.64. The van der Waals surface area contributed by atoms with Gasteiger partial charge in [-0.3, -0.25) is 4.79 Å². The molecule has 0 N–H and O–H groups in total. The lowest BCUT2D eigenvalue weighted by molar-refractivity contribution is -0.131. The molecule has 9 heteroatoms. The van der Waals surface area contributed by atoms with Crippen LogP contribution in [0.2, 0.25) is 5.02 Å². The number of carbonyl (C=O) groups is 1. The number of aromatic nitrogens is 5. The van der Waals surface area contributed by atoms with Gasteiger partial charge >= 0.3 is 0 Å². The van der Waals surface area contributed by atoms with Crippen LogP contribution >= 0.6 is 11.6 Å². The molecule has 1 saturated heterocycles. The molecule has 3 aromatic rings. The van der Waals surface area contributed by atoms with Crippen molar-refractivity contribution in [3.63, 3.8) is 0 Å². The summed E-state index contributed by atoms with van der Waals surface area (Å²) in [7, 11) is 0. The molecule has 0 bridgehead atoms. The Bertz CT molecular complexity index is 990. The van der Waals surface area contributed by atoms with E-state index in [4.69, 9.17) is 16.1 Å². The highest BCUT2D eigenvalue weighted by Crippen LogP contribution is 2.25. The van der Waals surface area contributed by atoms with Crippen LogP contribution in [0.25, 0.3) is 11.6 Å². The van der Waals surface area contributed by atoms with Crippen molar-refractivity contribution >= 4 is 17.5 Å². The van der Waals surface area contributed by atoms with Crippen LogP contribution < -0.4 is 0 Å². The Balaban J connectivity index is 1.35. The lowest BCUT2D eigenvalue weighted by atomic mass is 10.0. The van der Waals surface area contributed by atoms with Crippen LogP contribution in [0.15, 0.2) is 35.0 Å². The van der Waals surface area contributed by atoms with Crippen molar-refractivity contribution in [2.24, 2.45) is 0 Å². The summed E-state index contributed by atoms with van der Waals surface area (Å²) in [4.78, 5) is 18.9. The van der Waals surface area contributed by atoms with E-state index in [-0.39, 0.29) is 17.9 Å². The van der Waals surface area contributed by atoms with E-state index in [1.165, 1.54) is 0 Å². The van der Waals surface area contributed by atoms with Crippen LogP contribution in [-0.2, 0) is 11.2 Å². The molecule has 29 heavy (non-hydrogen) atoms. The molecule has 1 aromatic carbocycles. The SMILES string of the molecule is CC(C)c1noc(-c2cn(C3CCN(C(=O)Cc4cccc(Cl)c4)CC3)nn2)n1. The van der Waals surface area contributed by atoms with Crippen molar-refractivity contribution in [3.8, 4) is 11.6 Å². The van der Waals surface area contributed by atoms with E-state index in [2.05, 4.69) is 20.5 Å². The van der Waals surface area contributed by atoms with Crippen LogP contribution in [-0.4, -0.2) is 49.0 Å². The predicted molar refractivity (Wildman–Crippen MR) is 107 cm³/mol. The van der Waals surface area contributed by atoms with Gasteiger partial charge in [0.2, 0.25) is 5.91 Å². The topological polar surface area (TPSA) is 89.9 Å². The summed E-state index contributed by atoms with van der Waals surface area (Å²) >= 11 is 6.01. The molecule has 0 atom stereocenters. The lowest BCUT2D eigenvalue weighted by Crippen LogP contribution is -2.40. The zero-order valence-corrected chi connectivity index (χ0v) is 17.2. The Labute approximate surface area is 173 Å². The van der Waals surface area contributed by atoms with Gasteiger partial charge in [-0.1, -0.05) is 48.0 Å². The molecule has 1 fully saturated rings. The maximum atomic E-state index is 12.6. The molecule has 0 saturated carbocycles. The van der Waals surface area contributed by atoms with Gasteiger partial charge in [-0.25, -0.2) is 4.68 Å². The highest BCUT2D eigenvalue weighted by atomic mass is 35.5. The zero-order valence-electron chi connectivity index (χ0n) is 16.5. The monoisotopic (exact) mass is 414 g/mol. The average Bonchev–Trinajstić information content (AvgIpc) is 3.38. The fraction of sp³-hybridized carbons (Fsp3) is 0.450. The molecule has 1 aliphatic rings. The summed E-state index contributed by atoms with van der Waals surface area (Å²) in [6.45, 7) is 5.40. The fourth-order valence-electron chi connectivity index (χ4n) is 3.44. The number of amides is 1. The normalized spacial score (nSPS) is 15.2. The Morgan fingerprint density at radius 3 is 2.79 bits per heavy atom. The molecule has 0 spiro atoms. The summed E-state index contributed by atoms with van der Waals surface area (Å²) in [5.74, 6) is 1.35. The number of rotatable bonds is 5. The number of hydrogen-bond acceptors (Lipinski definition) is 6. The first kappa shape index (κ1) is 19.6. The predicted octanol–water partition coefficient (Wildman–Crippen LogP) is 3.51. The van der Waals surface area contributed by atoms with Gasteiger partial charge in [0.1, 0.15) is 0 Å². The molecule has 8 nitrogen and oxygen atoms in total. The summed E-state index contributed by atoms with van der Waals surface area (Å²) in [5.41, 5.74) is 1.51. The van der Waals surface area contributed by atoms with E-state index in [1.807, 2.05) is 53.9 Å². The molecule has 0 radical (unpaired) electrons. The minimum atomic E-state index is 0.122. The molecule has 4 rings (SSSR count). The number of carbonyl (C=O) groups excluding carboxylic acids is 1. The molecule has 0 aliphatic carbocycles. The third-order valence-corrected chi connectivity index (χ3v) is 5.36. The van der Waals surface area contributed by atoms with E-state index >= 15 is 0 Å². The first-order valence-corrected chi connectivity index (χ1v) is 10.2. The highest BCUT2D eigenvalue weighted by Gasteiger charge is 2.25. The number of nitrogens with zero attached hydrogens (tertiary/aromatic N) is 6. The number of benzene rings is 1. The van der Waals surface area contributed by atoms with Crippen LogP contribution in [0, 0.1) is 0 Å². The van der Waals surface area contributed by atoms with Crippen LogP contribution in [0.3, 0.4) is 0 Å². The zero-order chi connectivity index (χ0) is 20.4. The maximum Gasteiger partial charge on any atom is 0.280 e. The van der Waals surface area contributed by atoms with Gasteiger partial charge in [-0.05, 0) is 30.5 Å². The molecule has 3 heterocycles. The van der Waals surface area contributed by atoms with Crippen molar-refractivity contribution < 1.29 is 9.32 Å². The average molecular weight is 415 g/mol. The highest BCUT2D eigenvalue weighted by molar-refractivity contribution is 6.30. The number of halogens is 1. The molecular weight excluding hydrogens is 392 g/mol. The van der Waals surface area contributed by atoms with Crippen LogP contribution in [0.5, 0.6) is 0 Å². The van der Waals surface area contributed by atoms with Crippen LogP contribution in [0.4, 0.5) is 0 Å². The first-order valence-electron chi connectivity index (χ1n) is 9.77. The third kappa shape index (κ3) is 4.48. The lowest BCUT2D eigenvalue weighted by Gasteiger charge is -2.32. The van der Waals surface area contributed by atoms with Crippen LogP contribution in [0.1, 0.15) is 50.0 Å². The second-order valence-corrected chi connectivity index (χ2v) is 8.05. The Kier molecular flexibility index (Phi) is 5.62. The van der Waals surface area contributed by atoms with Crippen molar-refractivity contribution in [2.45, 2.75) is 45.1 Å². The summed E-state index contributed by atoms with van der Waals surface area (Å²) in [5, 5.41) is 13.0. The van der Waals surface area contributed by atoms with Gasteiger partial charge in [0, 0.05) is 24.0 Å². The molecule has 1 aliphatic heterocycles. The van der Waals surface area contributed by atoms with Gasteiger partial charge in [-0.15, -0.1) is 5.10 Å². The Hall–Kier alpha value is -2.74. The number of hydrogen-bond donors (Lipinski definition) is 0. The van der Waals surface area contributed by atoms with Gasteiger partial charge in [0.05, 0.1) is 18.7 Å². The quantitative estimate of drug-likeness (QED) is 0.634. The number of likely N-dealkylation sites (tertiary alicyclic amines) is 1. The van der Waals surface area contributed by atoms with Gasteiger partial charge in [-0.2, -0.15) is 4.98 Å². The van der Waals surface area contributed by atoms with E-state index < -0.39 is 0 Å². The van der Waals surface area contributed by atoms with E-state index in [0.717, 1.165) is 18.4 Å². The second kappa shape index (κ2) is 8.32. The van der Waals surface area contributed by atoms with Crippen molar-refractivity contribution in [1.82, 2.24) is 30.0 Å². The Morgan fingerprint density at radius 1 is 1.31 bits per heavy atom. The van der Waals surface area contributed by atoms with Crippen molar-refractivity contribution in [1.29, 1.82) is 0 Å². The van der Waals surface area contributed by atoms with Crippen molar-refractivity contribution in [3.05, 3.63) is 46.9 Å². The minimum Gasteiger partial charge on any atom is -0.342 e. The molecule has 152 valence electrons. The molecular formula is C20H23ClN6O2. The van der Waals surface area contributed by atoms with Gasteiger partial charge < -0.3 is 9.42 Å². The van der Waals surface area contributed by atoms with E-state index in [9.17, 15) is 4.79 Å². The summed E-state index contributed by atoms with van der Waals surface area (Å²) in [6.07, 6.45) is 3.86. The standard InChI is InChI=1S/C20H23ClN6O2/c1-13(2)19-22-20(29-24-19)17-12-27(25-23-17)16-6-8-26(9-7-16)18(28)11-14-4-3-5-15(21)10-14/h3-5,10,12-13,16H,6-9,11H2,1-2H3. The largest absolute Gasteiger partial charge is 0.342 e. The number of piperidine rings is 1. The molecule has 2 aromatic heterocycles. The van der Waals surface area contributed by atoms with Gasteiger partial charge in [0.15, 0.2) is 11.5 Å². The first-order chi connectivity index (χ1) is 14.0. The Morgan fingerprint density at radius 2 is 2.10 bits per heavy atom. The third-order valence-electron chi connectivity index (χ3n) is 5.12. The second-order valence-electron chi connectivity index (χ2n) is 7.61. The van der Waals surface area contributed by atoms with Gasteiger partial charge in [0.25, 0.3) is 5.89 Å². The smallest absolute Gasteiger partial charge is 0.280 e. The maximum absolute atomic E-state index is 12.6. The van der Waals surface area contributed by atoms with E-state index in [0.29, 0.717) is 41.9 Å². The van der Waals surface area contributed by atoms with E-state index in [1.54, 1.807) is 0 Å². The fourth-order valence-corrected chi connectivity index (χ4v) is 3.65. The summed E-state index contributed by atoms with van der Waals surface area (Å²) < 4.78 is 7.13. The molecule has 1 amide bonds.